The number of Topliss-reactive ketones (excluding diaryl/α,β-unsaturated/α-hetero) is 1. The fourth-order valence-electron chi connectivity index (χ4n) is 7.14. The van der Waals surface area contributed by atoms with Crippen LogP contribution in [0.4, 0.5) is 8.78 Å². The Bertz CT molecular complexity index is 1850. The minimum absolute atomic E-state index is 0.0765. The van der Waals surface area contributed by atoms with Crippen molar-refractivity contribution in [1.29, 1.82) is 0 Å². The molecule has 0 saturated heterocycles. The van der Waals surface area contributed by atoms with Crippen LogP contribution in [0.1, 0.15) is 127 Å². The van der Waals surface area contributed by atoms with Crippen molar-refractivity contribution in [2.75, 3.05) is 26.4 Å². The molecule has 0 aliphatic heterocycles. The Balaban J connectivity index is 1.42. The van der Waals surface area contributed by atoms with Gasteiger partial charge in [-0.25, -0.2) is 18.4 Å². The first kappa shape index (κ1) is 47.7. The van der Waals surface area contributed by atoms with Crippen molar-refractivity contribution < 1.29 is 46.8 Å². The lowest BCUT2D eigenvalue weighted by Gasteiger charge is -2.24. The molecule has 3 aromatic carbocycles. The molecular formula is C50H64F2O8. The Morgan fingerprint density at radius 1 is 0.650 bits per heavy atom. The van der Waals surface area contributed by atoms with Crippen molar-refractivity contribution in [2.45, 2.75) is 130 Å². The summed E-state index contributed by atoms with van der Waals surface area (Å²) in [7, 11) is 0. The molecule has 0 bridgehead atoms. The second kappa shape index (κ2) is 25.6. The Hall–Kier alpha value is -4.99. The van der Waals surface area contributed by atoms with Crippen LogP contribution in [-0.4, -0.2) is 44.1 Å². The van der Waals surface area contributed by atoms with Gasteiger partial charge in [0.05, 0.1) is 13.2 Å². The van der Waals surface area contributed by atoms with Gasteiger partial charge in [-0.3, -0.25) is 4.79 Å². The van der Waals surface area contributed by atoms with Gasteiger partial charge in [-0.2, -0.15) is 0 Å². The van der Waals surface area contributed by atoms with Crippen molar-refractivity contribution in [3.05, 3.63) is 101 Å². The second-order valence-corrected chi connectivity index (χ2v) is 16.0. The molecule has 0 unspecified atom stereocenters. The first-order valence-corrected chi connectivity index (χ1v) is 21.7. The molecule has 1 saturated carbocycles. The lowest BCUT2D eigenvalue weighted by molar-refractivity contribution is -0.140. The standard InChI is InChI=1S/C50H64F2O8/c1-6-7-8-9-10-11-12-13-14-16-37-20-24-44(25-21-37)56-27-28-57-48-45(51)31-41(32-46(48)52)40-29-39(17-15-26-58-49(54)35(2)3)47(42(30-40)34-60-50(55)36(4)5)59-33-38-18-22-43(53)23-19-38/h20-21,24-25,29-32,38H,2,4,6-19,22-23,26-28,33-34H2,1,3,5H3. The Labute approximate surface area is 355 Å². The lowest BCUT2D eigenvalue weighted by atomic mass is 9.89. The first-order valence-electron chi connectivity index (χ1n) is 21.7. The molecule has 8 nitrogen and oxygen atoms in total. The van der Waals surface area contributed by atoms with Gasteiger partial charge in [0.25, 0.3) is 0 Å². The summed E-state index contributed by atoms with van der Waals surface area (Å²) in [5.41, 5.74) is 3.58. The summed E-state index contributed by atoms with van der Waals surface area (Å²) in [4.78, 5) is 36.4. The van der Waals surface area contributed by atoms with Crippen LogP contribution in [-0.2, 0) is 43.3 Å². The number of unbranched alkanes of at least 4 members (excludes halogenated alkanes) is 8. The molecule has 0 aromatic heterocycles. The van der Waals surface area contributed by atoms with Crippen molar-refractivity contribution in [2.24, 2.45) is 5.92 Å². The third-order valence-corrected chi connectivity index (χ3v) is 10.7. The van der Waals surface area contributed by atoms with Crippen molar-refractivity contribution in [3.63, 3.8) is 0 Å². The molecule has 1 fully saturated rings. The highest BCUT2D eigenvalue weighted by Crippen LogP contribution is 2.36. The van der Waals surface area contributed by atoms with Gasteiger partial charge in [-0.05, 0) is 117 Å². The second-order valence-electron chi connectivity index (χ2n) is 16.0. The van der Waals surface area contributed by atoms with Gasteiger partial charge >= 0.3 is 11.9 Å². The van der Waals surface area contributed by atoms with Crippen LogP contribution in [0.25, 0.3) is 11.1 Å². The van der Waals surface area contributed by atoms with E-state index in [0.29, 0.717) is 73.3 Å². The third-order valence-electron chi connectivity index (χ3n) is 10.7. The molecule has 0 amide bonds. The summed E-state index contributed by atoms with van der Waals surface area (Å²) in [6, 6.07) is 13.8. The fourth-order valence-corrected chi connectivity index (χ4v) is 7.14. The maximum atomic E-state index is 15.6. The topological polar surface area (TPSA) is 97.4 Å². The molecule has 0 atom stereocenters. The van der Waals surface area contributed by atoms with Crippen LogP contribution >= 0.6 is 0 Å². The summed E-state index contributed by atoms with van der Waals surface area (Å²) >= 11 is 0. The number of aryl methyl sites for hydroxylation is 2. The summed E-state index contributed by atoms with van der Waals surface area (Å²) < 4.78 is 59.8. The highest BCUT2D eigenvalue weighted by atomic mass is 19.1. The van der Waals surface area contributed by atoms with Crippen LogP contribution in [0.2, 0.25) is 0 Å². The van der Waals surface area contributed by atoms with Gasteiger partial charge in [0, 0.05) is 29.6 Å². The molecule has 1 aliphatic rings. The number of benzene rings is 3. The smallest absolute Gasteiger partial charge is 0.333 e. The summed E-state index contributed by atoms with van der Waals surface area (Å²) in [5, 5.41) is 0. The SMILES string of the molecule is C=C(C)C(=O)OCCCc1cc(-c2cc(F)c(OCCOc3ccc(CCCCCCCCCCC)cc3)c(F)c2)cc(COC(=O)C(=C)C)c1OCC1CCC(=O)CC1. The van der Waals surface area contributed by atoms with Crippen LogP contribution in [0, 0.1) is 17.6 Å². The predicted molar refractivity (Wildman–Crippen MR) is 231 cm³/mol. The van der Waals surface area contributed by atoms with E-state index in [0.717, 1.165) is 12.8 Å². The van der Waals surface area contributed by atoms with E-state index in [1.807, 2.05) is 12.1 Å². The van der Waals surface area contributed by atoms with Crippen LogP contribution in [0.15, 0.2) is 72.8 Å². The minimum atomic E-state index is -0.887. The minimum Gasteiger partial charge on any atom is -0.493 e. The predicted octanol–water partition coefficient (Wildman–Crippen LogP) is 12.0. The quantitative estimate of drug-likeness (QED) is 0.0426. The van der Waals surface area contributed by atoms with Gasteiger partial charge < -0.3 is 23.7 Å². The number of carbonyl (C=O) groups is 3. The average Bonchev–Trinajstić information content (AvgIpc) is 3.23. The largest absolute Gasteiger partial charge is 0.493 e. The highest BCUT2D eigenvalue weighted by Gasteiger charge is 2.23. The molecule has 0 N–H and O–H groups in total. The van der Waals surface area contributed by atoms with Gasteiger partial charge in [0.2, 0.25) is 0 Å². The zero-order valence-corrected chi connectivity index (χ0v) is 36.0. The Morgan fingerprint density at radius 3 is 1.85 bits per heavy atom. The number of halogens is 2. The molecule has 0 radical (unpaired) electrons. The molecule has 0 heterocycles. The number of rotatable bonds is 27. The molecule has 3 aromatic rings. The van der Waals surface area contributed by atoms with Crippen LogP contribution in [0.5, 0.6) is 17.2 Å². The summed E-state index contributed by atoms with van der Waals surface area (Å²) in [5.74, 6) is -1.90. The monoisotopic (exact) mass is 830 g/mol. The summed E-state index contributed by atoms with van der Waals surface area (Å²) in [6.07, 6.45) is 15.8. The number of ether oxygens (including phenoxy) is 5. The lowest BCUT2D eigenvalue weighted by Crippen LogP contribution is -2.20. The van der Waals surface area contributed by atoms with E-state index in [9.17, 15) is 14.4 Å². The normalized spacial score (nSPS) is 12.8. The van der Waals surface area contributed by atoms with E-state index in [4.69, 9.17) is 23.7 Å². The first-order chi connectivity index (χ1) is 28.9. The van der Waals surface area contributed by atoms with Gasteiger partial charge in [-0.15, -0.1) is 0 Å². The van der Waals surface area contributed by atoms with Gasteiger partial charge in [0.15, 0.2) is 17.4 Å². The molecule has 0 spiro atoms. The molecule has 4 rings (SSSR count). The molecule has 1 aliphatic carbocycles. The maximum absolute atomic E-state index is 15.6. The van der Waals surface area contributed by atoms with E-state index >= 15 is 8.78 Å². The number of hydrogen-bond acceptors (Lipinski definition) is 8. The van der Waals surface area contributed by atoms with Crippen LogP contribution < -0.4 is 14.2 Å². The zero-order chi connectivity index (χ0) is 43.3. The molecular weight excluding hydrogens is 767 g/mol. The number of esters is 2. The number of hydrogen-bond donors (Lipinski definition) is 0. The van der Waals surface area contributed by atoms with Gasteiger partial charge in [0.1, 0.15) is 37.1 Å². The van der Waals surface area contributed by atoms with Crippen molar-refractivity contribution in [1.82, 2.24) is 0 Å². The van der Waals surface area contributed by atoms with E-state index in [2.05, 4.69) is 32.2 Å². The van der Waals surface area contributed by atoms with Crippen LogP contribution in [0.3, 0.4) is 0 Å². The van der Waals surface area contributed by atoms with E-state index < -0.39 is 29.3 Å². The maximum Gasteiger partial charge on any atom is 0.333 e. The summed E-state index contributed by atoms with van der Waals surface area (Å²) in [6.45, 7) is 12.9. The molecule has 10 heteroatoms. The van der Waals surface area contributed by atoms with Crippen molar-refractivity contribution in [3.8, 4) is 28.4 Å². The highest BCUT2D eigenvalue weighted by molar-refractivity contribution is 5.87. The Morgan fingerprint density at radius 2 is 1.22 bits per heavy atom. The fraction of sp³-hybridized carbons (Fsp3) is 0.500. The number of carbonyl (C=O) groups excluding carboxylic acids is 3. The molecule has 326 valence electrons. The van der Waals surface area contributed by atoms with E-state index in [1.54, 1.807) is 19.1 Å². The zero-order valence-electron chi connectivity index (χ0n) is 36.0. The van der Waals surface area contributed by atoms with Gasteiger partial charge in [-0.1, -0.05) is 83.6 Å². The number of ketones is 1. The Kier molecular flexibility index (Phi) is 20.3. The van der Waals surface area contributed by atoms with E-state index in [-0.39, 0.29) is 54.8 Å². The van der Waals surface area contributed by atoms with E-state index in [1.165, 1.54) is 76.0 Å². The van der Waals surface area contributed by atoms with Crippen molar-refractivity contribution >= 4 is 17.7 Å². The average molecular weight is 831 g/mol. The molecule has 60 heavy (non-hydrogen) atoms. The third kappa shape index (κ3) is 16.2.